The van der Waals surface area contributed by atoms with Gasteiger partial charge in [0, 0.05) is 17.3 Å². The third kappa shape index (κ3) is 2.66. The van der Waals surface area contributed by atoms with E-state index in [1.165, 1.54) is 5.56 Å². The summed E-state index contributed by atoms with van der Waals surface area (Å²) >= 11 is 0. The summed E-state index contributed by atoms with van der Waals surface area (Å²) in [7, 11) is 0. The molecular weight excluding hydrogens is 262 g/mol. The Labute approximate surface area is 124 Å². The molecule has 0 atom stereocenters. The molecule has 0 saturated carbocycles. The fourth-order valence-corrected chi connectivity index (χ4v) is 2.62. The first kappa shape index (κ1) is 13.7. The molecule has 0 fully saturated rings. The maximum Gasteiger partial charge on any atom is 0.227 e. The highest BCUT2D eigenvalue weighted by Crippen LogP contribution is 2.34. The third-order valence-electron chi connectivity index (χ3n) is 3.99. The van der Waals surface area contributed by atoms with Gasteiger partial charge in [-0.2, -0.15) is 0 Å². The summed E-state index contributed by atoms with van der Waals surface area (Å²) in [4.78, 5) is 21.2. The lowest BCUT2D eigenvalue weighted by atomic mass is 9.75. The average molecular weight is 281 g/mol. The number of ketones is 1. The molecule has 1 aromatic carbocycles. The number of nitrogens with one attached hydrogen (secondary N) is 1. The second-order valence-corrected chi connectivity index (χ2v) is 6.26. The van der Waals surface area contributed by atoms with Gasteiger partial charge in [-0.15, -0.1) is 0 Å². The van der Waals surface area contributed by atoms with Gasteiger partial charge in [0.25, 0.3) is 0 Å². The van der Waals surface area contributed by atoms with Gasteiger partial charge in [0.2, 0.25) is 5.95 Å². The van der Waals surface area contributed by atoms with E-state index >= 15 is 0 Å². The normalized spacial score (nSPS) is 16.4. The van der Waals surface area contributed by atoms with Crippen LogP contribution in [0, 0.1) is 12.3 Å². The molecule has 0 radical (unpaired) electrons. The number of carbonyl (C=O) groups excluding carboxylic acids is 1. The molecule has 1 aliphatic rings. The van der Waals surface area contributed by atoms with Gasteiger partial charge in [0.05, 0.1) is 11.3 Å². The minimum Gasteiger partial charge on any atom is -0.324 e. The number of carbonyl (C=O) groups is 1. The Morgan fingerprint density at radius 2 is 2.10 bits per heavy atom. The lowest BCUT2D eigenvalue weighted by molar-refractivity contribution is 0.0809. The average Bonchev–Trinajstić information content (AvgIpc) is 2.44. The van der Waals surface area contributed by atoms with Crippen LogP contribution in [0.3, 0.4) is 0 Å². The summed E-state index contributed by atoms with van der Waals surface area (Å²) in [5.41, 5.74) is 3.35. The topological polar surface area (TPSA) is 54.9 Å². The number of hydrogen-bond acceptors (Lipinski definition) is 4. The van der Waals surface area contributed by atoms with E-state index in [1.54, 1.807) is 6.20 Å². The summed E-state index contributed by atoms with van der Waals surface area (Å²) in [6.45, 7) is 6.01. The van der Waals surface area contributed by atoms with Gasteiger partial charge in [-0.25, -0.2) is 9.97 Å². The zero-order chi connectivity index (χ0) is 15.0. The monoisotopic (exact) mass is 281 g/mol. The van der Waals surface area contributed by atoms with E-state index in [9.17, 15) is 4.79 Å². The number of anilines is 2. The first-order valence-electron chi connectivity index (χ1n) is 7.20. The molecular formula is C17H19N3O. The molecule has 0 aliphatic heterocycles. The van der Waals surface area contributed by atoms with Crippen molar-refractivity contribution in [1.82, 2.24) is 9.97 Å². The quantitative estimate of drug-likeness (QED) is 0.912. The summed E-state index contributed by atoms with van der Waals surface area (Å²) in [6.07, 6.45) is 3.31. The van der Waals surface area contributed by atoms with Crippen LogP contribution in [-0.2, 0) is 6.42 Å². The van der Waals surface area contributed by atoms with Crippen LogP contribution >= 0.6 is 0 Å². The first-order chi connectivity index (χ1) is 9.95. The van der Waals surface area contributed by atoms with Gasteiger partial charge < -0.3 is 5.32 Å². The van der Waals surface area contributed by atoms with Crippen molar-refractivity contribution >= 4 is 17.4 Å². The SMILES string of the molecule is Cc1cccc(Nc2ncc3c(n2)CCC(C)(C)C3=O)c1. The summed E-state index contributed by atoms with van der Waals surface area (Å²) in [5, 5.41) is 3.20. The maximum absolute atomic E-state index is 12.4. The van der Waals surface area contributed by atoms with Crippen LogP contribution in [0.2, 0.25) is 0 Å². The smallest absolute Gasteiger partial charge is 0.227 e. The number of fused-ring (bicyclic) bond motifs is 1. The van der Waals surface area contributed by atoms with Gasteiger partial charge in [-0.05, 0) is 37.5 Å². The maximum atomic E-state index is 12.4. The summed E-state index contributed by atoms with van der Waals surface area (Å²) in [6, 6.07) is 8.04. The Morgan fingerprint density at radius 1 is 1.29 bits per heavy atom. The van der Waals surface area contributed by atoms with Crippen molar-refractivity contribution in [2.75, 3.05) is 5.32 Å². The molecule has 0 spiro atoms. The van der Waals surface area contributed by atoms with Gasteiger partial charge in [-0.1, -0.05) is 26.0 Å². The standard InChI is InChI=1S/C17H19N3O/c1-11-5-4-6-12(9-11)19-16-18-10-13-14(20-16)7-8-17(2,3)15(13)21/h4-6,9-10H,7-8H2,1-3H3,(H,18,19,20). The van der Waals surface area contributed by atoms with E-state index in [0.717, 1.165) is 24.2 Å². The number of rotatable bonds is 2. The van der Waals surface area contributed by atoms with Crippen molar-refractivity contribution in [3.8, 4) is 0 Å². The van der Waals surface area contributed by atoms with E-state index < -0.39 is 0 Å². The number of nitrogens with zero attached hydrogens (tertiary/aromatic N) is 2. The highest BCUT2D eigenvalue weighted by molar-refractivity contribution is 6.01. The number of hydrogen-bond donors (Lipinski definition) is 1. The van der Waals surface area contributed by atoms with E-state index in [0.29, 0.717) is 11.5 Å². The first-order valence-corrected chi connectivity index (χ1v) is 7.20. The second-order valence-electron chi connectivity index (χ2n) is 6.26. The van der Waals surface area contributed by atoms with Crippen molar-refractivity contribution in [1.29, 1.82) is 0 Å². The van der Waals surface area contributed by atoms with Crippen LogP contribution in [0.25, 0.3) is 0 Å². The van der Waals surface area contributed by atoms with Crippen molar-refractivity contribution in [3.05, 3.63) is 47.3 Å². The summed E-state index contributed by atoms with van der Waals surface area (Å²) < 4.78 is 0. The molecule has 108 valence electrons. The van der Waals surface area contributed by atoms with Crippen LogP contribution in [0.1, 0.15) is 41.9 Å². The highest BCUT2D eigenvalue weighted by Gasteiger charge is 2.35. The third-order valence-corrected chi connectivity index (χ3v) is 3.99. The largest absolute Gasteiger partial charge is 0.324 e. The zero-order valence-electron chi connectivity index (χ0n) is 12.6. The molecule has 21 heavy (non-hydrogen) atoms. The Balaban J connectivity index is 1.89. The minimum absolute atomic E-state index is 0.144. The zero-order valence-corrected chi connectivity index (χ0v) is 12.6. The molecule has 1 aliphatic carbocycles. The summed E-state index contributed by atoms with van der Waals surface area (Å²) in [5.74, 6) is 0.692. The van der Waals surface area contributed by atoms with Gasteiger partial charge in [0.1, 0.15) is 0 Å². The lowest BCUT2D eigenvalue weighted by Gasteiger charge is -2.28. The fraction of sp³-hybridized carbons (Fsp3) is 0.353. The van der Waals surface area contributed by atoms with E-state index in [-0.39, 0.29) is 11.2 Å². The lowest BCUT2D eigenvalue weighted by Crippen LogP contribution is -2.31. The Hall–Kier alpha value is -2.23. The van der Waals surface area contributed by atoms with Gasteiger partial charge >= 0.3 is 0 Å². The van der Waals surface area contributed by atoms with E-state index in [1.807, 2.05) is 45.0 Å². The second kappa shape index (κ2) is 4.95. The number of Topliss-reactive ketones (excluding diaryl/α,β-unsaturated/α-hetero) is 1. The molecule has 1 heterocycles. The molecule has 4 nitrogen and oxygen atoms in total. The molecule has 4 heteroatoms. The molecule has 0 amide bonds. The van der Waals surface area contributed by atoms with Crippen LogP contribution in [0.4, 0.5) is 11.6 Å². The number of aryl methyl sites for hydroxylation is 2. The predicted octanol–water partition coefficient (Wildman–Crippen LogP) is 3.68. The van der Waals surface area contributed by atoms with E-state index in [4.69, 9.17) is 0 Å². The highest BCUT2D eigenvalue weighted by atomic mass is 16.1. The van der Waals surface area contributed by atoms with Gasteiger partial charge in [0.15, 0.2) is 5.78 Å². The molecule has 0 bridgehead atoms. The van der Waals surface area contributed by atoms with Crippen molar-refractivity contribution in [2.24, 2.45) is 5.41 Å². The predicted molar refractivity (Wildman–Crippen MR) is 82.9 cm³/mol. The van der Waals surface area contributed by atoms with Crippen LogP contribution < -0.4 is 5.32 Å². The molecule has 1 aromatic heterocycles. The van der Waals surface area contributed by atoms with Crippen molar-refractivity contribution < 1.29 is 4.79 Å². The van der Waals surface area contributed by atoms with Gasteiger partial charge in [-0.3, -0.25) is 4.79 Å². The van der Waals surface area contributed by atoms with Crippen molar-refractivity contribution in [3.63, 3.8) is 0 Å². The number of benzene rings is 1. The van der Waals surface area contributed by atoms with Crippen LogP contribution in [-0.4, -0.2) is 15.8 Å². The molecule has 2 aromatic rings. The molecule has 3 rings (SSSR count). The fourth-order valence-electron chi connectivity index (χ4n) is 2.62. The van der Waals surface area contributed by atoms with Crippen molar-refractivity contribution in [2.45, 2.75) is 33.6 Å². The van der Waals surface area contributed by atoms with Crippen LogP contribution in [0.15, 0.2) is 30.5 Å². The molecule has 1 N–H and O–H groups in total. The number of aromatic nitrogens is 2. The van der Waals surface area contributed by atoms with Crippen LogP contribution in [0.5, 0.6) is 0 Å². The van der Waals surface area contributed by atoms with E-state index in [2.05, 4.69) is 15.3 Å². The Bertz CT molecular complexity index is 707. The minimum atomic E-state index is -0.304. The Kier molecular flexibility index (Phi) is 3.24. The molecule has 0 saturated heterocycles. The Morgan fingerprint density at radius 3 is 2.86 bits per heavy atom. The molecule has 0 unspecified atom stereocenters.